The van der Waals surface area contributed by atoms with E-state index in [1.54, 1.807) is 24.3 Å². The number of halogens is 3. The van der Waals surface area contributed by atoms with Crippen LogP contribution in [0.1, 0.15) is 13.8 Å². The van der Waals surface area contributed by atoms with Crippen molar-refractivity contribution < 1.29 is 30.2 Å². The topological polar surface area (TPSA) is 52.6 Å². The molecule has 0 unspecified atom stereocenters. The van der Waals surface area contributed by atoms with Gasteiger partial charge in [0.1, 0.15) is 11.5 Å². The van der Waals surface area contributed by atoms with Gasteiger partial charge in [-0.2, -0.15) is 0 Å². The van der Waals surface area contributed by atoms with Gasteiger partial charge in [-0.15, -0.1) is 0 Å². The second kappa shape index (κ2) is 11.8. The van der Waals surface area contributed by atoms with E-state index in [4.69, 9.17) is 39.8 Å². The molecule has 0 amide bonds. The summed E-state index contributed by atoms with van der Waals surface area (Å²) in [5, 5.41) is 2.42. The van der Waals surface area contributed by atoms with Crippen LogP contribution in [0.3, 0.4) is 0 Å². The quantitative estimate of drug-likeness (QED) is 0.278. The zero-order chi connectivity index (χ0) is 19.7. The van der Waals surface area contributed by atoms with Gasteiger partial charge in [0.25, 0.3) is 0 Å². The van der Waals surface area contributed by atoms with E-state index in [1.807, 2.05) is 24.3 Å². The SMILES string of the molecule is CC(=O)Oc1ccc([PH+](C)c2ccc(OC(C)=O)cc2)cc1.[Cl][Cu-]([Cl])[Cl]. The van der Waals surface area contributed by atoms with Gasteiger partial charge in [0.15, 0.2) is 0 Å². The van der Waals surface area contributed by atoms with Crippen LogP contribution in [0.15, 0.2) is 48.5 Å². The second-order valence-corrected chi connectivity index (χ2v) is 12.1. The Hall–Kier alpha value is -0.801. The summed E-state index contributed by atoms with van der Waals surface area (Å²) in [7, 11) is 13.6. The summed E-state index contributed by atoms with van der Waals surface area (Å²) in [4.78, 5) is 21.8. The summed E-state index contributed by atoms with van der Waals surface area (Å²) in [5.41, 5.74) is 0. The van der Waals surface area contributed by atoms with Crippen molar-refractivity contribution in [1.82, 2.24) is 0 Å². The molecule has 0 spiro atoms. The van der Waals surface area contributed by atoms with E-state index < -0.39 is 19.1 Å². The van der Waals surface area contributed by atoms with Gasteiger partial charge in [0, 0.05) is 13.8 Å². The van der Waals surface area contributed by atoms with Crippen molar-refractivity contribution in [3.8, 4) is 11.5 Å². The molecule has 0 saturated carbocycles. The Morgan fingerprint density at radius 1 is 0.769 bits per heavy atom. The number of carbonyl (C=O) groups excluding carboxylic acids is 2. The summed E-state index contributed by atoms with van der Waals surface area (Å²) in [6.45, 7) is 4.95. The zero-order valence-electron chi connectivity index (χ0n) is 14.2. The summed E-state index contributed by atoms with van der Waals surface area (Å²) in [6, 6.07) is 15.1. The average molecular weight is 487 g/mol. The molecule has 2 rings (SSSR count). The number of carbonyl (C=O) groups is 2. The van der Waals surface area contributed by atoms with Gasteiger partial charge in [-0.25, -0.2) is 0 Å². The zero-order valence-corrected chi connectivity index (χ0v) is 18.4. The molecule has 0 aliphatic heterocycles. The van der Waals surface area contributed by atoms with Crippen LogP contribution in [-0.2, 0) is 20.8 Å². The fraction of sp³-hybridized carbons (Fsp3) is 0.176. The fourth-order valence-corrected chi connectivity index (χ4v) is 3.71. The Morgan fingerprint density at radius 3 is 1.27 bits per heavy atom. The van der Waals surface area contributed by atoms with Gasteiger partial charge in [-0.3, -0.25) is 9.59 Å². The van der Waals surface area contributed by atoms with Crippen molar-refractivity contribution >= 4 is 60.8 Å². The Labute approximate surface area is 171 Å². The van der Waals surface area contributed by atoms with Crippen molar-refractivity contribution in [3.63, 3.8) is 0 Å². The summed E-state index contributed by atoms with van der Waals surface area (Å²) in [6.07, 6.45) is 0. The van der Waals surface area contributed by atoms with Crippen molar-refractivity contribution in [2.75, 3.05) is 6.66 Å². The Kier molecular flexibility index (Phi) is 10.6. The van der Waals surface area contributed by atoms with Gasteiger partial charge in [0.05, 0.1) is 25.2 Å². The predicted molar refractivity (Wildman–Crippen MR) is 107 cm³/mol. The fourth-order valence-electron chi connectivity index (χ4n) is 2.04. The molecular formula is C17H18Cl3CuO4P. The molecule has 9 heteroatoms. The van der Waals surface area contributed by atoms with Crippen molar-refractivity contribution in [2.45, 2.75) is 13.8 Å². The van der Waals surface area contributed by atoms with Gasteiger partial charge >= 0.3 is 53.4 Å². The minimum atomic E-state index is -0.915. The van der Waals surface area contributed by atoms with Gasteiger partial charge in [-0.1, -0.05) is 0 Å². The molecule has 0 aliphatic carbocycles. The molecule has 0 N–H and O–H groups in total. The Morgan fingerprint density at radius 2 is 1.04 bits per heavy atom. The maximum atomic E-state index is 10.9. The monoisotopic (exact) mass is 485 g/mol. The number of ether oxygens (including phenoxy) is 2. The van der Waals surface area contributed by atoms with Crippen LogP contribution in [0, 0.1) is 0 Å². The molecule has 147 valence electrons. The maximum absolute atomic E-state index is 10.9. The molecule has 0 heterocycles. The van der Waals surface area contributed by atoms with Crippen molar-refractivity contribution in [3.05, 3.63) is 48.5 Å². The van der Waals surface area contributed by atoms with Crippen LogP contribution in [0.5, 0.6) is 11.5 Å². The summed E-state index contributed by atoms with van der Waals surface area (Å²) >= 11 is -0.896. The molecule has 2 aromatic carbocycles. The number of hydrogen-bond donors (Lipinski definition) is 0. The van der Waals surface area contributed by atoms with Crippen LogP contribution in [0.4, 0.5) is 0 Å². The molecular weight excluding hydrogens is 469 g/mol. The molecule has 0 bridgehead atoms. The van der Waals surface area contributed by atoms with Gasteiger partial charge in [-0.05, 0) is 48.5 Å². The molecule has 0 aromatic heterocycles. The Bertz CT molecular complexity index is 662. The van der Waals surface area contributed by atoms with E-state index in [0.717, 1.165) is 0 Å². The van der Waals surface area contributed by atoms with Crippen LogP contribution < -0.4 is 20.1 Å². The minimum absolute atomic E-state index is 0.323. The standard InChI is InChI=1S/C17H17O4P.3ClH.Cu/c1-12(18)20-14-4-8-16(9-5-14)22(3)17-10-6-15(7-11-17)21-13(2)19;;;;/h4-11H,1-3H3;3*1H;/q;;;;+2/p-2. The summed E-state index contributed by atoms with van der Waals surface area (Å²) < 4.78 is 10.1. The molecule has 4 nitrogen and oxygen atoms in total. The molecule has 0 radical (unpaired) electrons. The van der Waals surface area contributed by atoms with E-state index in [-0.39, 0.29) is 11.9 Å². The third-order valence-corrected chi connectivity index (χ3v) is 5.50. The molecule has 2 aromatic rings. The first-order valence-corrected chi connectivity index (χ1v) is 13.1. The average Bonchev–Trinajstić information content (AvgIpc) is 2.54. The Balaban J connectivity index is 0.000000765. The molecule has 0 fully saturated rings. The number of hydrogen-bond acceptors (Lipinski definition) is 4. The molecule has 0 aliphatic rings. The van der Waals surface area contributed by atoms with Crippen LogP contribution >= 0.6 is 38.2 Å². The third kappa shape index (κ3) is 9.23. The van der Waals surface area contributed by atoms with E-state index >= 15 is 0 Å². The number of benzene rings is 2. The number of esters is 2. The summed E-state index contributed by atoms with van der Waals surface area (Å²) in [5.74, 6) is 0.458. The van der Waals surface area contributed by atoms with Crippen molar-refractivity contribution in [2.24, 2.45) is 0 Å². The van der Waals surface area contributed by atoms with E-state index in [0.29, 0.717) is 11.5 Å². The van der Waals surface area contributed by atoms with Crippen LogP contribution in [0.2, 0.25) is 0 Å². The first-order valence-electron chi connectivity index (χ1n) is 7.21. The van der Waals surface area contributed by atoms with E-state index in [9.17, 15) is 9.59 Å². The first kappa shape index (κ1) is 23.2. The van der Waals surface area contributed by atoms with Crippen LogP contribution in [0.25, 0.3) is 0 Å². The molecule has 0 atom stereocenters. The van der Waals surface area contributed by atoms with Crippen LogP contribution in [-0.4, -0.2) is 18.6 Å². The first-order chi connectivity index (χ1) is 12.2. The second-order valence-electron chi connectivity index (χ2n) is 4.99. The number of rotatable bonds is 4. The molecule has 0 saturated heterocycles. The molecule has 26 heavy (non-hydrogen) atoms. The van der Waals surface area contributed by atoms with E-state index in [2.05, 4.69) is 6.66 Å². The predicted octanol–water partition coefficient (Wildman–Crippen LogP) is 4.40. The van der Waals surface area contributed by atoms with Gasteiger partial charge in [0.2, 0.25) is 0 Å². The van der Waals surface area contributed by atoms with Gasteiger partial charge < -0.3 is 9.47 Å². The van der Waals surface area contributed by atoms with Crippen molar-refractivity contribution in [1.29, 1.82) is 0 Å². The third-order valence-electron chi connectivity index (χ3n) is 3.10. The normalized spacial score (nSPS) is 10.5. The van der Waals surface area contributed by atoms with E-state index in [1.165, 1.54) is 24.5 Å².